The van der Waals surface area contributed by atoms with E-state index < -0.39 is 0 Å². The second-order valence-corrected chi connectivity index (χ2v) is 6.49. The summed E-state index contributed by atoms with van der Waals surface area (Å²) >= 11 is 0. The first-order chi connectivity index (χ1) is 13.7. The van der Waals surface area contributed by atoms with Crippen molar-refractivity contribution in [3.05, 3.63) is 84.1 Å². The molecule has 6 nitrogen and oxygen atoms in total. The fourth-order valence-electron chi connectivity index (χ4n) is 3.05. The molecule has 142 valence electrons. The van der Waals surface area contributed by atoms with Gasteiger partial charge in [0.1, 0.15) is 18.2 Å². The van der Waals surface area contributed by atoms with Crippen molar-refractivity contribution >= 4 is 16.9 Å². The van der Waals surface area contributed by atoms with Gasteiger partial charge in [0.2, 0.25) is 0 Å². The number of rotatable bonds is 7. The molecule has 0 aliphatic carbocycles. The molecule has 4 rings (SSSR count). The molecule has 1 amide bonds. The molecule has 0 aliphatic rings. The Kier molecular flexibility index (Phi) is 5.10. The number of hydrogen-bond acceptors (Lipinski definition) is 4. The Balaban J connectivity index is 1.48. The Bertz CT molecular complexity index is 1070. The molecule has 2 aromatic carbocycles. The number of fused-ring (bicyclic) bond motifs is 1. The van der Waals surface area contributed by atoms with E-state index in [9.17, 15) is 4.79 Å². The molecular formula is C22H21N3O3. The van der Waals surface area contributed by atoms with Crippen molar-refractivity contribution in [3.8, 4) is 5.75 Å². The normalized spacial score (nSPS) is 10.9. The highest BCUT2D eigenvalue weighted by atomic mass is 16.5. The highest BCUT2D eigenvalue weighted by molar-refractivity contribution is 5.91. The van der Waals surface area contributed by atoms with Gasteiger partial charge in [-0.25, -0.2) is 4.98 Å². The van der Waals surface area contributed by atoms with Crippen LogP contribution in [0.25, 0.3) is 11.0 Å². The van der Waals surface area contributed by atoms with Gasteiger partial charge in [-0.1, -0.05) is 29.8 Å². The number of benzene rings is 2. The molecule has 0 spiro atoms. The predicted octanol–water partition coefficient (Wildman–Crippen LogP) is 3.95. The van der Waals surface area contributed by atoms with E-state index in [1.165, 1.54) is 11.8 Å². The van der Waals surface area contributed by atoms with Crippen LogP contribution in [-0.2, 0) is 13.1 Å². The molecule has 0 bridgehead atoms. The number of aromatic nitrogens is 2. The van der Waals surface area contributed by atoms with Crippen molar-refractivity contribution in [3.63, 3.8) is 0 Å². The van der Waals surface area contributed by atoms with E-state index in [-0.39, 0.29) is 11.7 Å². The maximum atomic E-state index is 12.2. The summed E-state index contributed by atoms with van der Waals surface area (Å²) in [5.74, 6) is 1.63. The molecule has 1 N–H and O–H groups in total. The zero-order valence-corrected chi connectivity index (χ0v) is 15.6. The summed E-state index contributed by atoms with van der Waals surface area (Å²) in [6.45, 7) is 3.48. The van der Waals surface area contributed by atoms with Crippen LogP contribution in [0.15, 0.2) is 71.3 Å². The van der Waals surface area contributed by atoms with E-state index in [0.29, 0.717) is 19.7 Å². The van der Waals surface area contributed by atoms with Gasteiger partial charge in [0, 0.05) is 0 Å². The zero-order valence-electron chi connectivity index (χ0n) is 15.6. The molecule has 0 radical (unpaired) electrons. The average molecular weight is 375 g/mol. The van der Waals surface area contributed by atoms with Gasteiger partial charge in [-0.05, 0) is 43.3 Å². The van der Waals surface area contributed by atoms with E-state index in [4.69, 9.17) is 9.15 Å². The minimum Gasteiger partial charge on any atom is -0.492 e. The summed E-state index contributed by atoms with van der Waals surface area (Å²) < 4.78 is 13.1. The average Bonchev–Trinajstić information content (AvgIpc) is 3.36. The Morgan fingerprint density at radius 2 is 1.93 bits per heavy atom. The SMILES string of the molecule is Cc1ccc(OCCn2c(CNC(=O)c3ccco3)nc3ccccc32)cc1. The molecule has 0 saturated heterocycles. The molecule has 4 aromatic rings. The van der Waals surface area contributed by atoms with Gasteiger partial charge < -0.3 is 19.0 Å². The molecule has 2 aromatic heterocycles. The van der Waals surface area contributed by atoms with E-state index in [2.05, 4.69) is 14.9 Å². The lowest BCUT2D eigenvalue weighted by Crippen LogP contribution is -2.25. The molecular weight excluding hydrogens is 354 g/mol. The number of aryl methyl sites for hydroxylation is 1. The predicted molar refractivity (Wildman–Crippen MR) is 106 cm³/mol. The number of carbonyl (C=O) groups is 1. The molecule has 6 heteroatoms. The van der Waals surface area contributed by atoms with E-state index in [1.54, 1.807) is 12.1 Å². The molecule has 0 unspecified atom stereocenters. The Morgan fingerprint density at radius 3 is 2.71 bits per heavy atom. The van der Waals surface area contributed by atoms with Crippen LogP contribution in [0.3, 0.4) is 0 Å². The minimum atomic E-state index is -0.264. The van der Waals surface area contributed by atoms with Crippen LogP contribution in [0.1, 0.15) is 21.9 Å². The van der Waals surface area contributed by atoms with Crippen LogP contribution < -0.4 is 10.1 Å². The maximum Gasteiger partial charge on any atom is 0.287 e. The number of amides is 1. The van der Waals surface area contributed by atoms with Gasteiger partial charge >= 0.3 is 0 Å². The molecule has 28 heavy (non-hydrogen) atoms. The zero-order chi connectivity index (χ0) is 19.3. The highest BCUT2D eigenvalue weighted by Crippen LogP contribution is 2.17. The monoisotopic (exact) mass is 375 g/mol. The first kappa shape index (κ1) is 17.9. The van der Waals surface area contributed by atoms with E-state index in [1.807, 2.05) is 55.5 Å². The largest absolute Gasteiger partial charge is 0.492 e. The standard InChI is InChI=1S/C22H21N3O3/c1-16-8-10-17(11-9-16)27-14-12-25-19-6-3-2-5-18(19)24-21(25)15-23-22(26)20-7-4-13-28-20/h2-11,13H,12,14-15H2,1H3,(H,23,26). The number of furan rings is 1. The third-order valence-electron chi connectivity index (χ3n) is 4.49. The lowest BCUT2D eigenvalue weighted by molar-refractivity contribution is 0.0921. The van der Waals surface area contributed by atoms with Gasteiger partial charge in [0.25, 0.3) is 5.91 Å². The maximum absolute atomic E-state index is 12.2. The summed E-state index contributed by atoms with van der Waals surface area (Å²) in [6.07, 6.45) is 1.48. The fourth-order valence-corrected chi connectivity index (χ4v) is 3.05. The van der Waals surface area contributed by atoms with E-state index >= 15 is 0 Å². The Labute approximate surface area is 162 Å². The first-order valence-corrected chi connectivity index (χ1v) is 9.16. The van der Waals surface area contributed by atoms with E-state index in [0.717, 1.165) is 22.6 Å². The molecule has 0 saturated carbocycles. The summed E-state index contributed by atoms with van der Waals surface area (Å²) in [7, 11) is 0. The first-order valence-electron chi connectivity index (χ1n) is 9.16. The Hall–Kier alpha value is -3.54. The topological polar surface area (TPSA) is 69.3 Å². The van der Waals surface area contributed by atoms with Crippen molar-refractivity contribution in [2.75, 3.05) is 6.61 Å². The van der Waals surface area contributed by atoms with Crippen molar-refractivity contribution in [2.45, 2.75) is 20.0 Å². The highest BCUT2D eigenvalue weighted by Gasteiger charge is 2.13. The quantitative estimate of drug-likeness (QED) is 0.531. The third kappa shape index (κ3) is 3.91. The van der Waals surface area contributed by atoms with Crippen molar-refractivity contribution in [2.24, 2.45) is 0 Å². The molecule has 0 fully saturated rings. The summed E-state index contributed by atoms with van der Waals surface area (Å²) in [4.78, 5) is 16.8. The van der Waals surface area contributed by atoms with Crippen molar-refractivity contribution in [1.29, 1.82) is 0 Å². The smallest absolute Gasteiger partial charge is 0.287 e. The number of carbonyl (C=O) groups excluding carboxylic acids is 1. The number of imidazole rings is 1. The fraction of sp³-hybridized carbons (Fsp3) is 0.182. The van der Waals surface area contributed by atoms with Gasteiger partial charge in [-0.2, -0.15) is 0 Å². The number of hydrogen-bond donors (Lipinski definition) is 1. The van der Waals surface area contributed by atoms with Crippen LogP contribution in [0.4, 0.5) is 0 Å². The van der Waals surface area contributed by atoms with Gasteiger partial charge in [-0.3, -0.25) is 4.79 Å². The minimum absolute atomic E-state index is 0.264. The number of ether oxygens (including phenoxy) is 1. The molecule has 0 aliphatic heterocycles. The third-order valence-corrected chi connectivity index (χ3v) is 4.49. The van der Waals surface area contributed by atoms with Crippen LogP contribution in [0.2, 0.25) is 0 Å². The summed E-state index contributed by atoms with van der Waals surface area (Å²) in [6, 6.07) is 19.2. The van der Waals surface area contributed by atoms with Gasteiger partial charge in [-0.15, -0.1) is 0 Å². The van der Waals surface area contributed by atoms with Crippen LogP contribution in [0, 0.1) is 6.92 Å². The van der Waals surface area contributed by atoms with Crippen molar-refractivity contribution < 1.29 is 13.9 Å². The second kappa shape index (κ2) is 8.00. The molecule has 0 atom stereocenters. The lowest BCUT2D eigenvalue weighted by Gasteiger charge is -2.11. The van der Waals surface area contributed by atoms with Crippen molar-refractivity contribution in [1.82, 2.24) is 14.9 Å². The molecule has 2 heterocycles. The summed E-state index contributed by atoms with van der Waals surface area (Å²) in [5.41, 5.74) is 3.10. The second-order valence-electron chi connectivity index (χ2n) is 6.49. The lowest BCUT2D eigenvalue weighted by atomic mass is 10.2. The number of para-hydroxylation sites is 2. The van der Waals surface area contributed by atoms with Crippen LogP contribution in [-0.4, -0.2) is 22.1 Å². The van der Waals surface area contributed by atoms with Crippen LogP contribution in [0.5, 0.6) is 5.75 Å². The summed E-state index contributed by atoms with van der Waals surface area (Å²) in [5, 5.41) is 2.86. The number of nitrogens with zero attached hydrogens (tertiary/aromatic N) is 2. The van der Waals surface area contributed by atoms with Crippen LogP contribution >= 0.6 is 0 Å². The Morgan fingerprint density at radius 1 is 1.11 bits per heavy atom. The van der Waals surface area contributed by atoms with Gasteiger partial charge in [0.15, 0.2) is 5.76 Å². The van der Waals surface area contributed by atoms with Gasteiger partial charge in [0.05, 0.1) is 30.4 Å². The number of nitrogens with one attached hydrogen (secondary N) is 1.